The Kier molecular flexibility index (Phi) is 6.67. The van der Waals surface area contributed by atoms with Gasteiger partial charge in [-0.05, 0) is 13.0 Å². The Hall–Kier alpha value is -1.08. The van der Waals surface area contributed by atoms with E-state index in [4.69, 9.17) is 23.2 Å². The van der Waals surface area contributed by atoms with Crippen molar-refractivity contribution in [2.75, 3.05) is 13.1 Å². The number of nitrogens with one attached hydrogen (secondary N) is 2. The highest BCUT2D eigenvalue weighted by Gasteiger charge is 2.26. The molecule has 120 valence electrons. The van der Waals surface area contributed by atoms with E-state index in [0.29, 0.717) is 22.7 Å². The molecule has 0 aliphatic carbocycles. The molecule has 0 unspecified atom stereocenters. The molecule has 0 bridgehead atoms. The minimum atomic E-state index is -4.19. The Balaban J connectivity index is 2.64. The normalized spacial score (nSPS) is 12.6. The number of alkyl halides is 3. The molecular formula is C12H17Cl2F3N4. The second kappa shape index (κ2) is 7.79. The van der Waals surface area contributed by atoms with Gasteiger partial charge >= 0.3 is 6.18 Å². The number of rotatable bonds is 5. The third kappa shape index (κ3) is 6.05. The van der Waals surface area contributed by atoms with Gasteiger partial charge in [0.25, 0.3) is 0 Å². The van der Waals surface area contributed by atoms with Gasteiger partial charge in [0.05, 0.1) is 18.0 Å². The predicted octanol–water partition coefficient (Wildman–Crippen LogP) is 3.34. The minimum Gasteiger partial charge on any atom is -0.357 e. The van der Waals surface area contributed by atoms with Gasteiger partial charge in [0, 0.05) is 25.8 Å². The Morgan fingerprint density at radius 3 is 2.48 bits per heavy atom. The lowest BCUT2D eigenvalue weighted by Gasteiger charge is -2.12. The molecule has 0 aliphatic rings. The summed E-state index contributed by atoms with van der Waals surface area (Å²) in [4.78, 5) is 4.21. The molecule has 9 heteroatoms. The first-order valence-electron chi connectivity index (χ1n) is 6.33. The third-order valence-electron chi connectivity index (χ3n) is 2.66. The molecule has 0 aliphatic heterocycles. The van der Waals surface area contributed by atoms with Crippen molar-refractivity contribution in [3.05, 3.63) is 21.9 Å². The second-order valence-corrected chi connectivity index (χ2v) is 5.09. The van der Waals surface area contributed by atoms with E-state index < -0.39 is 12.6 Å². The number of nitrogens with zero attached hydrogens (tertiary/aromatic N) is 2. The molecule has 0 fully saturated rings. The van der Waals surface area contributed by atoms with Crippen LogP contribution in [0.2, 0.25) is 10.2 Å². The van der Waals surface area contributed by atoms with Crippen LogP contribution in [0.15, 0.2) is 11.1 Å². The van der Waals surface area contributed by atoms with E-state index in [1.165, 1.54) is 0 Å². The number of aromatic nitrogens is 1. The number of hydrogen-bond acceptors (Lipinski definition) is 1. The van der Waals surface area contributed by atoms with Crippen molar-refractivity contribution in [2.45, 2.75) is 26.1 Å². The van der Waals surface area contributed by atoms with E-state index in [9.17, 15) is 13.2 Å². The Bertz CT molecular complexity index is 497. The number of hydrogen-bond donors (Lipinski definition) is 2. The van der Waals surface area contributed by atoms with E-state index in [-0.39, 0.29) is 13.1 Å². The van der Waals surface area contributed by atoms with Gasteiger partial charge in [0.1, 0.15) is 5.15 Å². The Morgan fingerprint density at radius 2 is 2.00 bits per heavy atom. The average molecular weight is 345 g/mol. The quantitative estimate of drug-likeness (QED) is 0.635. The molecule has 0 saturated heterocycles. The fourth-order valence-electron chi connectivity index (χ4n) is 1.57. The molecule has 0 aromatic carbocycles. The van der Waals surface area contributed by atoms with E-state index in [0.717, 1.165) is 5.69 Å². The first-order chi connectivity index (χ1) is 9.74. The molecule has 0 radical (unpaired) electrons. The average Bonchev–Trinajstić information content (AvgIpc) is 2.62. The van der Waals surface area contributed by atoms with Crippen LogP contribution in [0.1, 0.15) is 19.0 Å². The summed E-state index contributed by atoms with van der Waals surface area (Å²) in [6.45, 7) is 2.40. The first kappa shape index (κ1) is 18.0. The summed E-state index contributed by atoms with van der Waals surface area (Å²) in [6.07, 6.45) is -5.11. The Morgan fingerprint density at radius 1 is 1.33 bits per heavy atom. The maximum Gasteiger partial charge on any atom is 0.390 e. The van der Waals surface area contributed by atoms with Gasteiger partial charge in [0.15, 0.2) is 5.96 Å². The molecule has 1 aromatic heterocycles. The van der Waals surface area contributed by atoms with Crippen LogP contribution < -0.4 is 10.6 Å². The molecule has 1 heterocycles. The number of guanidine groups is 1. The van der Waals surface area contributed by atoms with Gasteiger partial charge in [-0.15, -0.1) is 0 Å². The summed E-state index contributed by atoms with van der Waals surface area (Å²) in [5.74, 6) is 0.315. The summed E-state index contributed by atoms with van der Waals surface area (Å²) in [5, 5.41) is 6.32. The zero-order valence-corrected chi connectivity index (χ0v) is 13.2. The molecule has 0 atom stereocenters. The molecule has 1 rings (SSSR count). The van der Waals surface area contributed by atoms with Crippen molar-refractivity contribution in [3.8, 4) is 0 Å². The monoisotopic (exact) mass is 344 g/mol. The maximum atomic E-state index is 12.1. The molecule has 21 heavy (non-hydrogen) atoms. The minimum absolute atomic E-state index is 0.232. The highest BCUT2D eigenvalue weighted by molar-refractivity contribution is 6.41. The van der Waals surface area contributed by atoms with Crippen LogP contribution in [0.5, 0.6) is 0 Å². The lowest BCUT2D eigenvalue weighted by atomic mass is 10.4. The van der Waals surface area contributed by atoms with Crippen molar-refractivity contribution in [1.82, 2.24) is 15.2 Å². The van der Waals surface area contributed by atoms with Gasteiger partial charge < -0.3 is 15.2 Å². The smallest absolute Gasteiger partial charge is 0.357 e. The summed E-state index contributed by atoms with van der Waals surface area (Å²) < 4.78 is 38.0. The highest BCUT2D eigenvalue weighted by atomic mass is 35.5. The molecule has 4 nitrogen and oxygen atoms in total. The maximum absolute atomic E-state index is 12.1. The molecule has 0 saturated carbocycles. The van der Waals surface area contributed by atoms with Crippen molar-refractivity contribution in [3.63, 3.8) is 0 Å². The summed E-state index contributed by atoms with van der Waals surface area (Å²) in [7, 11) is 1.74. The second-order valence-electron chi connectivity index (χ2n) is 4.32. The van der Waals surface area contributed by atoms with Crippen LogP contribution in [0.4, 0.5) is 13.2 Å². The zero-order chi connectivity index (χ0) is 16.0. The largest absolute Gasteiger partial charge is 0.390 e. The van der Waals surface area contributed by atoms with Crippen LogP contribution in [0.3, 0.4) is 0 Å². The van der Waals surface area contributed by atoms with Gasteiger partial charge in [-0.2, -0.15) is 13.2 Å². The molecular weight excluding hydrogens is 328 g/mol. The van der Waals surface area contributed by atoms with Crippen molar-refractivity contribution in [1.29, 1.82) is 0 Å². The van der Waals surface area contributed by atoms with Crippen LogP contribution >= 0.6 is 23.2 Å². The molecule has 0 spiro atoms. The van der Waals surface area contributed by atoms with Crippen LogP contribution in [0.25, 0.3) is 0 Å². The summed E-state index contributed by atoms with van der Waals surface area (Å²) >= 11 is 11.8. The van der Waals surface area contributed by atoms with Crippen LogP contribution in [-0.2, 0) is 13.6 Å². The molecule has 2 N–H and O–H groups in total. The topological polar surface area (TPSA) is 41.4 Å². The lowest BCUT2D eigenvalue weighted by molar-refractivity contribution is -0.132. The van der Waals surface area contributed by atoms with Crippen molar-refractivity contribution < 1.29 is 13.2 Å². The van der Waals surface area contributed by atoms with Gasteiger partial charge in [-0.3, -0.25) is 0 Å². The summed E-state index contributed by atoms with van der Waals surface area (Å²) in [5.41, 5.74) is 0.762. The molecule has 0 amide bonds. The number of halogens is 5. The Labute approximate surface area is 131 Å². The van der Waals surface area contributed by atoms with Gasteiger partial charge in [-0.25, -0.2) is 4.99 Å². The van der Waals surface area contributed by atoms with Crippen LogP contribution in [0, 0.1) is 0 Å². The highest BCUT2D eigenvalue weighted by Crippen LogP contribution is 2.25. The van der Waals surface area contributed by atoms with Crippen molar-refractivity contribution >= 4 is 29.2 Å². The third-order valence-corrected chi connectivity index (χ3v) is 3.50. The predicted molar refractivity (Wildman–Crippen MR) is 78.9 cm³/mol. The fraction of sp³-hybridized carbons (Fsp3) is 0.583. The SMILES string of the molecule is CCNC(=NCc1cc(Cl)c(Cl)n1C)NCCC(F)(F)F. The first-order valence-corrected chi connectivity index (χ1v) is 7.08. The van der Waals surface area contributed by atoms with Gasteiger partial charge in [0.2, 0.25) is 0 Å². The van der Waals surface area contributed by atoms with E-state index in [1.807, 2.05) is 6.92 Å². The molecule has 1 aromatic rings. The van der Waals surface area contributed by atoms with E-state index in [2.05, 4.69) is 15.6 Å². The fourth-order valence-corrected chi connectivity index (χ4v) is 1.98. The van der Waals surface area contributed by atoms with E-state index >= 15 is 0 Å². The lowest BCUT2D eigenvalue weighted by Crippen LogP contribution is -2.38. The van der Waals surface area contributed by atoms with Crippen molar-refractivity contribution in [2.24, 2.45) is 12.0 Å². The standard InChI is InChI=1S/C12H17Cl2F3N4/c1-3-18-11(19-5-4-12(15,16)17)20-7-8-6-9(13)10(14)21(8)2/h6H,3-5,7H2,1-2H3,(H2,18,19,20). The zero-order valence-electron chi connectivity index (χ0n) is 11.7. The number of aliphatic imine (C=N–C) groups is 1. The van der Waals surface area contributed by atoms with Crippen LogP contribution in [-0.4, -0.2) is 29.8 Å². The van der Waals surface area contributed by atoms with E-state index in [1.54, 1.807) is 17.7 Å². The summed E-state index contributed by atoms with van der Waals surface area (Å²) in [6, 6.07) is 1.67. The van der Waals surface area contributed by atoms with Gasteiger partial charge in [-0.1, -0.05) is 23.2 Å².